The molecule has 0 unspecified atom stereocenters. The molecule has 2 aromatic rings. The summed E-state index contributed by atoms with van der Waals surface area (Å²) in [4.78, 5) is 20.5. The van der Waals surface area contributed by atoms with Gasteiger partial charge in [-0.05, 0) is 69.5 Å². The summed E-state index contributed by atoms with van der Waals surface area (Å²) in [5.74, 6) is 0.624. The Morgan fingerprint density at radius 3 is 2.88 bits per heavy atom. The highest BCUT2D eigenvalue weighted by molar-refractivity contribution is 5.93. The van der Waals surface area contributed by atoms with Crippen LogP contribution in [0.4, 0.5) is 10.5 Å². The number of hydrogen-bond donors (Lipinski definition) is 2. The topological polar surface area (TPSA) is 51.4 Å². The summed E-state index contributed by atoms with van der Waals surface area (Å²) < 4.78 is 0. The first-order valence-electron chi connectivity index (χ1n) is 9.55. The number of hydrogen-bond acceptors (Lipinski definition) is 2. The van der Waals surface area contributed by atoms with Crippen LogP contribution in [-0.4, -0.2) is 53.5 Å². The highest BCUT2D eigenvalue weighted by Gasteiger charge is 2.28. The molecule has 0 aliphatic carbocycles. The molecule has 25 heavy (non-hydrogen) atoms. The van der Waals surface area contributed by atoms with Crippen molar-refractivity contribution in [2.75, 3.05) is 38.0 Å². The molecule has 2 amide bonds. The lowest BCUT2D eigenvalue weighted by molar-refractivity contribution is 0.192. The van der Waals surface area contributed by atoms with E-state index in [4.69, 9.17) is 0 Å². The van der Waals surface area contributed by atoms with Crippen LogP contribution in [0.5, 0.6) is 0 Å². The zero-order chi connectivity index (χ0) is 17.2. The number of carbonyl (C=O) groups is 1. The molecule has 3 heterocycles. The van der Waals surface area contributed by atoms with Crippen LogP contribution >= 0.6 is 0 Å². The number of piperidine rings is 1. The Morgan fingerprint density at radius 2 is 2.04 bits per heavy atom. The van der Waals surface area contributed by atoms with E-state index < -0.39 is 0 Å². The van der Waals surface area contributed by atoms with Crippen molar-refractivity contribution in [2.24, 2.45) is 5.92 Å². The summed E-state index contributed by atoms with van der Waals surface area (Å²) in [6, 6.07) is 8.18. The van der Waals surface area contributed by atoms with Gasteiger partial charge in [-0.3, -0.25) is 0 Å². The van der Waals surface area contributed by atoms with Gasteiger partial charge >= 0.3 is 6.03 Å². The number of aryl methyl sites for hydroxylation is 1. The first-order chi connectivity index (χ1) is 12.2. The molecule has 2 N–H and O–H groups in total. The highest BCUT2D eigenvalue weighted by Crippen LogP contribution is 2.23. The maximum Gasteiger partial charge on any atom is 0.321 e. The zero-order valence-corrected chi connectivity index (χ0v) is 15.1. The average Bonchev–Trinajstić information content (AvgIpc) is 3.21. The Hall–Kier alpha value is -2.01. The number of nitrogens with zero attached hydrogens (tertiary/aromatic N) is 2. The SMILES string of the molecule is Cc1cc2cc(NC(=O)N3CC[C@H](CN4CCCCC4)C3)ccc2[nH]1. The lowest BCUT2D eigenvalue weighted by atomic mass is 10.1. The summed E-state index contributed by atoms with van der Waals surface area (Å²) in [6.07, 6.45) is 5.16. The number of aromatic nitrogens is 1. The molecule has 0 radical (unpaired) electrons. The third kappa shape index (κ3) is 3.82. The Morgan fingerprint density at radius 1 is 1.20 bits per heavy atom. The number of rotatable bonds is 3. The number of carbonyl (C=O) groups excluding carboxylic acids is 1. The van der Waals surface area contributed by atoms with Gasteiger partial charge in [0.25, 0.3) is 0 Å². The number of likely N-dealkylation sites (tertiary alicyclic amines) is 2. The molecule has 1 aromatic heterocycles. The number of nitrogens with one attached hydrogen (secondary N) is 2. The van der Waals surface area contributed by atoms with Crippen LogP contribution in [0.2, 0.25) is 0 Å². The fraction of sp³-hybridized carbons (Fsp3) is 0.550. The van der Waals surface area contributed by atoms with Gasteiger partial charge in [-0.1, -0.05) is 6.42 Å². The molecule has 5 heteroatoms. The highest BCUT2D eigenvalue weighted by atomic mass is 16.2. The third-order valence-electron chi connectivity index (χ3n) is 5.54. The number of amides is 2. The molecule has 134 valence electrons. The summed E-state index contributed by atoms with van der Waals surface area (Å²) in [5.41, 5.74) is 3.12. The predicted octanol–water partition coefficient (Wildman–Crippen LogP) is 3.82. The van der Waals surface area contributed by atoms with E-state index in [2.05, 4.69) is 21.3 Å². The number of H-pyrrole nitrogens is 1. The van der Waals surface area contributed by atoms with Crippen LogP contribution in [0.1, 0.15) is 31.4 Å². The van der Waals surface area contributed by atoms with E-state index in [1.54, 1.807) is 0 Å². The largest absolute Gasteiger partial charge is 0.359 e. The molecule has 2 fully saturated rings. The van der Waals surface area contributed by atoms with Gasteiger partial charge in [-0.15, -0.1) is 0 Å². The van der Waals surface area contributed by atoms with Crippen molar-refractivity contribution in [2.45, 2.75) is 32.6 Å². The van der Waals surface area contributed by atoms with Crippen molar-refractivity contribution < 1.29 is 4.79 Å². The lowest BCUT2D eigenvalue weighted by Crippen LogP contribution is -2.37. The minimum absolute atomic E-state index is 0.0350. The van der Waals surface area contributed by atoms with Gasteiger partial charge in [-0.2, -0.15) is 0 Å². The average molecular weight is 340 g/mol. The summed E-state index contributed by atoms with van der Waals surface area (Å²) in [6.45, 7) is 7.42. The van der Waals surface area contributed by atoms with Crippen LogP contribution in [-0.2, 0) is 0 Å². The van der Waals surface area contributed by atoms with Crippen LogP contribution in [0.3, 0.4) is 0 Å². The maximum atomic E-state index is 12.6. The monoisotopic (exact) mass is 340 g/mol. The second-order valence-electron chi connectivity index (χ2n) is 7.65. The lowest BCUT2D eigenvalue weighted by Gasteiger charge is -2.29. The molecule has 5 nitrogen and oxygen atoms in total. The molecular formula is C20H28N4O. The van der Waals surface area contributed by atoms with Gasteiger partial charge in [-0.25, -0.2) is 4.79 Å². The Bertz CT molecular complexity index is 747. The van der Waals surface area contributed by atoms with Crippen LogP contribution < -0.4 is 5.32 Å². The number of benzene rings is 1. The quantitative estimate of drug-likeness (QED) is 0.892. The summed E-state index contributed by atoms with van der Waals surface area (Å²) >= 11 is 0. The van der Waals surface area contributed by atoms with E-state index in [9.17, 15) is 4.79 Å². The van der Waals surface area contributed by atoms with Gasteiger partial charge in [0.1, 0.15) is 0 Å². The number of fused-ring (bicyclic) bond motifs is 1. The Balaban J connectivity index is 1.33. The number of aromatic amines is 1. The predicted molar refractivity (Wildman–Crippen MR) is 102 cm³/mol. The second kappa shape index (κ2) is 7.08. The van der Waals surface area contributed by atoms with Crippen molar-refractivity contribution in [1.29, 1.82) is 0 Å². The second-order valence-corrected chi connectivity index (χ2v) is 7.65. The first-order valence-corrected chi connectivity index (χ1v) is 9.55. The van der Waals surface area contributed by atoms with E-state index in [-0.39, 0.29) is 6.03 Å². The molecule has 2 aliphatic heterocycles. The van der Waals surface area contributed by atoms with Crippen LogP contribution in [0.25, 0.3) is 10.9 Å². The minimum atomic E-state index is 0.0350. The first kappa shape index (κ1) is 16.5. The Labute approximate surface area is 149 Å². The van der Waals surface area contributed by atoms with Crippen molar-refractivity contribution in [3.8, 4) is 0 Å². The maximum absolute atomic E-state index is 12.6. The smallest absolute Gasteiger partial charge is 0.321 e. The van der Waals surface area contributed by atoms with E-state index >= 15 is 0 Å². The molecule has 0 bridgehead atoms. The van der Waals surface area contributed by atoms with E-state index in [1.165, 1.54) is 32.4 Å². The fourth-order valence-electron chi connectivity index (χ4n) is 4.23. The van der Waals surface area contributed by atoms with Gasteiger partial charge in [0.2, 0.25) is 0 Å². The van der Waals surface area contributed by atoms with Crippen molar-refractivity contribution in [3.63, 3.8) is 0 Å². The molecule has 4 rings (SSSR count). The molecule has 1 aromatic carbocycles. The third-order valence-corrected chi connectivity index (χ3v) is 5.54. The molecule has 0 spiro atoms. The van der Waals surface area contributed by atoms with E-state index in [0.717, 1.165) is 48.3 Å². The molecular weight excluding hydrogens is 312 g/mol. The van der Waals surface area contributed by atoms with Crippen molar-refractivity contribution in [3.05, 3.63) is 30.0 Å². The van der Waals surface area contributed by atoms with Crippen LogP contribution in [0, 0.1) is 12.8 Å². The normalized spacial score (nSPS) is 21.8. The van der Waals surface area contributed by atoms with Crippen molar-refractivity contribution >= 4 is 22.6 Å². The zero-order valence-electron chi connectivity index (χ0n) is 15.1. The summed E-state index contributed by atoms with van der Waals surface area (Å²) in [7, 11) is 0. The fourth-order valence-corrected chi connectivity index (χ4v) is 4.23. The van der Waals surface area contributed by atoms with Crippen LogP contribution in [0.15, 0.2) is 24.3 Å². The molecule has 2 saturated heterocycles. The molecule has 1 atom stereocenters. The molecule has 2 aliphatic rings. The van der Waals surface area contributed by atoms with Gasteiger partial charge < -0.3 is 20.1 Å². The van der Waals surface area contributed by atoms with Gasteiger partial charge in [0, 0.05) is 41.9 Å². The molecule has 0 saturated carbocycles. The van der Waals surface area contributed by atoms with E-state index in [0.29, 0.717) is 5.92 Å². The standard InChI is InChI=1S/C20H28N4O/c1-15-11-17-12-18(5-6-19(17)21-15)22-20(25)24-10-7-16(14-24)13-23-8-3-2-4-9-23/h5-6,11-12,16,21H,2-4,7-10,13-14H2,1H3,(H,22,25)/t16-/m1/s1. The Kier molecular flexibility index (Phi) is 4.66. The number of anilines is 1. The minimum Gasteiger partial charge on any atom is -0.359 e. The summed E-state index contributed by atoms with van der Waals surface area (Å²) in [5, 5.41) is 4.21. The van der Waals surface area contributed by atoms with Gasteiger partial charge in [0.15, 0.2) is 0 Å². The van der Waals surface area contributed by atoms with Crippen molar-refractivity contribution in [1.82, 2.24) is 14.8 Å². The number of urea groups is 1. The van der Waals surface area contributed by atoms with E-state index in [1.807, 2.05) is 30.0 Å². The van der Waals surface area contributed by atoms with Gasteiger partial charge in [0.05, 0.1) is 0 Å².